The normalized spacial score (nSPS) is 11.0. The van der Waals surface area contributed by atoms with Crippen LogP contribution < -0.4 is 11.5 Å². The van der Waals surface area contributed by atoms with Gasteiger partial charge in [0.05, 0.1) is 11.3 Å². The van der Waals surface area contributed by atoms with Crippen molar-refractivity contribution < 1.29 is 13.6 Å². The molecule has 6 nitrogen and oxygen atoms in total. The van der Waals surface area contributed by atoms with Gasteiger partial charge < -0.3 is 11.5 Å². The van der Waals surface area contributed by atoms with E-state index in [1.54, 1.807) is 6.92 Å². The molecule has 112 valence electrons. The van der Waals surface area contributed by atoms with E-state index in [0.29, 0.717) is 5.69 Å². The summed E-state index contributed by atoms with van der Waals surface area (Å²) in [5.74, 6) is -2.01. The van der Waals surface area contributed by atoms with Gasteiger partial charge in [-0.05, 0) is 19.1 Å². The van der Waals surface area contributed by atoms with Crippen molar-refractivity contribution in [2.45, 2.75) is 6.92 Å². The van der Waals surface area contributed by atoms with E-state index in [4.69, 9.17) is 11.5 Å². The molecule has 2 aromatic heterocycles. The molecule has 0 radical (unpaired) electrons. The first-order chi connectivity index (χ1) is 10.4. The molecule has 1 aromatic carbocycles. The van der Waals surface area contributed by atoms with E-state index in [1.807, 2.05) is 0 Å². The van der Waals surface area contributed by atoms with Gasteiger partial charge in [0.2, 0.25) is 5.78 Å². The minimum Gasteiger partial charge on any atom is -0.383 e. The van der Waals surface area contributed by atoms with E-state index in [9.17, 15) is 13.6 Å². The predicted octanol–water partition coefficient (Wildman–Crippen LogP) is 1.66. The van der Waals surface area contributed by atoms with Crippen LogP contribution in [0.15, 0.2) is 24.4 Å². The summed E-state index contributed by atoms with van der Waals surface area (Å²) in [6, 6.07) is 3.20. The molecule has 8 heteroatoms. The van der Waals surface area contributed by atoms with Gasteiger partial charge in [0.15, 0.2) is 0 Å². The number of anilines is 1. The van der Waals surface area contributed by atoms with Crippen molar-refractivity contribution in [3.63, 3.8) is 0 Å². The Kier molecular flexibility index (Phi) is 3.01. The molecule has 0 atom stereocenters. The molecular weight excluding hydrogens is 292 g/mol. The number of carbonyl (C=O) groups excluding carboxylic acids is 1. The maximum Gasteiger partial charge on any atom is 0.253 e. The fraction of sp³-hybridized carbons (Fsp3) is 0.0714. The molecule has 22 heavy (non-hydrogen) atoms. The third-order valence-corrected chi connectivity index (χ3v) is 3.34. The highest BCUT2D eigenvalue weighted by molar-refractivity contribution is 5.97. The molecule has 0 aliphatic carbocycles. The van der Waals surface area contributed by atoms with E-state index < -0.39 is 17.5 Å². The quantitative estimate of drug-likeness (QED) is 0.752. The Morgan fingerprint density at radius 2 is 2.00 bits per heavy atom. The molecule has 4 N–H and O–H groups in total. The zero-order chi connectivity index (χ0) is 16.0. The lowest BCUT2D eigenvalue weighted by Crippen LogP contribution is -2.16. The number of imidazole rings is 1. The van der Waals surface area contributed by atoms with Crippen molar-refractivity contribution >= 4 is 17.5 Å². The molecule has 0 bridgehead atoms. The standard InChI is InChI=1S/C14H11F2N5O/c1-6-11(8-3-2-7(15)4-10(8)16)19-14-20-12(17)9(13(18)22)5-21(6)14/h2-5H,1H3,(H2,18,22)(H2,17,19,20). The van der Waals surface area contributed by atoms with E-state index in [2.05, 4.69) is 9.97 Å². The Morgan fingerprint density at radius 1 is 1.27 bits per heavy atom. The number of benzene rings is 1. The van der Waals surface area contributed by atoms with E-state index >= 15 is 0 Å². The highest BCUT2D eigenvalue weighted by Gasteiger charge is 2.18. The molecule has 0 aliphatic heterocycles. The van der Waals surface area contributed by atoms with Crippen molar-refractivity contribution in [2.24, 2.45) is 5.73 Å². The van der Waals surface area contributed by atoms with Crippen LogP contribution in [0.25, 0.3) is 17.0 Å². The smallest absolute Gasteiger partial charge is 0.253 e. The highest BCUT2D eigenvalue weighted by atomic mass is 19.1. The first kappa shape index (κ1) is 13.9. The lowest BCUT2D eigenvalue weighted by molar-refractivity contribution is 0.100. The van der Waals surface area contributed by atoms with Gasteiger partial charge in [-0.25, -0.2) is 13.8 Å². The summed E-state index contributed by atoms with van der Waals surface area (Å²) in [5, 5.41) is 0. The number of hydrogen-bond acceptors (Lipinski definition) is 4. The van der Waals surface area contributed by atoms with Crippen LogP contribution in [0.2, 0.25) is 0 Å². The number of primary amides is 1. The second-order valence-electron chi connectivity index (χ2n) is 4.74. The molecule has 3 rings (SSSR count). The zero-order valence-corrected chi connectivity index (χ0v) is 11.5. The van der Waals surface area contributed by atoms with E-state index in [-0.39, 0.29) is 28.4 Å². The number of aryl methyl sites for hydroxylation is 1. The third-order valence-electron chi connectivity index (χ3n) is 3.34. The first-order valence-electron chi connectivity index (χ1n) is 6.29. The lowest BCUT2D eigenvalue weighted by atomic mass is 10.1. The monoisotopic (exact) mass is 303 g/mol. The molecule has 3 aromatic rings. The van der Waals surface area contributed by atoms with Crippen LogP contribution >= 0.6 is 0 Å². The minimum absolute atomic E-state index is 0.0409. The Labute approximate surface area is 123 Å². The van der Waals surface area contributed by atoms with E-state index in [1.165, 1.54) is 16.7 Å². The average molecular weight is 303 g/mol. The van der Waals surface area contributed by atoms with Crippen LogP contribution in [-0.2, 0) is 0 Å². The molecule has 0 saturated carbocycles. The summed E-state index contributed by atoms with van der Waals surface area (Å²) in [5.41, 5.74) is 11.8. The minimum atomic E-state index is -0.741. The van der Waals surface area contributed by atoms with Crippen molar-refractivity contribution in [2.75, 3.05) is 5.73 Å². The van der Waals surface area contributed by atoms with Crippen LogP contribution in [0.4, 0.5) is 14.6 Å². The highest BCUT2D eigenvalue weighted by Crippen LogP contribution is 2.27. The number of nitrogens with two attached hydrogens (primary N) is 2. The summed E-state index contributed by atoms with van der Waals surface area (Å²) >= 11 is 0. The molecular formula is C14H11F2N5O. The molecule has 0 saturated heterocycles. The number of nitrogen functional groups attached to an aromatic ring is 1. The maximum atomic E-state index is 13.9. The number of amides is 1. The zero-order valence-electron chi connectivity index (χ0n) is 11.5. The van der Waals surface area contributed by atoms with Crippen LogP contribution in [0.3, 0.4) is 0 Å². The van der Waals surface area contributed by atoms with Gasteiger partial charge in [-0.1, -0.05) is 0 Å². The molecule has 2 heterocycles. The summed E-state index contributed by atoms with van der Waals surface area (Å²) < 4.78 is 28.4. The third kappa shape index (κ3) is 2.05. The number of carbonyl (C=O) groups is 1. The van der Waals surface area contributed by atoms with Gasteiger partial charge in [0.1, 0.15) is 17.5 Å². The van der Waals surface area contributed by atoms with E-state index in [0.717, 1.165) is 12.1 Å². The number of aromatic nitrogens is 3. The number of rotatable bonds is 2. The van der Waals surface area contributed by atoms with Gasteiger partial charge >= 0.3 is 0 Å². The summed E-state index contributed by atoms with van der Waals surface area (Å²) in [7, 11) is 0. The molecule has 1 amide bonds. The van der Waals surface area contributed by atoms with Crippen molar-refractivity contribution in [1.29, 1.82) is 0 Å². The molecule has 0 unspecified atom stereocenters. The van der Waals surface area contributed by atoms with Gasteiger partial charge in [0, 0.05) is 23.5 Å². The fourth-order valence-electron chi connectivity index (χ4n) is 2.22. The Balaban J connectivity index is 2.28. The second-order valence-corrected chi connectivity index (χ2v) is 4.74. The van der Waals surface area contributed by atoms with Gasteiger partial charge in [-0.3, -0.25) is 9.20 Å². The van der Waals surface area contributed by atoms with Crippen LogP contribution in [-0.4, -0.2) is 20.3 Å². The van der Waals surface area contributed by atoms with Gasteiger partial charge in [0.25, 0.3) is 5.91 Å². The predicted molar refractivity (Wildman–Crippen MR) is 76.0 cm³/mol. The second kappa shape index (κ2) is 4.76. The summed E-state index contributed by atoms with van der Waals surface area (Å²) in [4.78, 5) is 19.5. The maximum absolute atomic E-state index is 13.9. The Morgan fingerprint density at radius 3 is 2.64 bits per heavy atom. The SMILES string of the molecule is Cc1c(-c2ccc(F)cc2F)nc2nc(N)c(C(N)=O)cn12. The summed E-state index contributed by atoms with van der Waals surface area (Å²) in [6.07, 6.45) is 1.40. The number of nitrogens with zero attached hydrogens (tertiary/aromatic N) is 3. The Hall–Kier alpha value is -3.03. The van der Waals surface area contributed by atoms with Crippen molar-refractivity contribution in [3.05, 3.63) is 47.3 Å². The van der Waals surface area contributed by atoms with Crippen LogP contribution in [0.1, 0.15) is 16.1 Å². The van der Waals surface area contributed by atoms with Crippen molar-refractivity contribution in [1.82, 2.24) is 14.4 Å². The Bertz CT molecular complexity index is 919. The van der Waals surface area contributed by atoms with Crippen LogP contribution in [0, 0.1) is 18.6 Å². The number of hydrogen-bond donors (Lipinski definition) is 2. The van der Waals surface area contributed by atoms with Crippen molar-refractivity contribution in [3.8, 4) is 11.3 Å². The number of halogens is 2. The average Bonchev–Trinajstić information content (AvgIpc) is 2.74. The van der Waals surface area contributed by atoms with Gasteiger partial charge in [-0.15, -0.1) is 0 Å². The first-order valence-corrected chi connectivity index (χ1v) is 6.29. The molecule has 0 spiro atoms. The van der Waals surface area contributed by atoms with Crippen LogP contribution in [0.5, 0.6) is 0 Å². The number of fused-ring (bicyclic) bond motifs is 1. The lowest BCUT2D eigenvalue weighted by Gasteiger charge is -2.03. The topological polar surface area (TPSA) is 99.3 Å². The molecule has 0 fully saturated rings. The fourth-order valence-corrected chi connectivity index (χ4v) is 2.22. The largest absolute Gasteiger partial charge is 0.383 e. The summed E-state index contributed by atoms with van der Waals surface area (Å²) in [6.45, 7) is 1.67. The molecule has 0 aliphatic rings. The van der Waals surface area contributed by atoms with Gasteiger partial charge in [-0.2, -0.15) is 4.98 Å².